The molecule has 0 aliphatic rings. The fourth-order valence-electron chi connectivity index (χ4n) is 3.97. The highest BCUT2D eigenvalue weighted by atomic mass is 35.7. The van der Waals surface area contributed by atoms with Crippen LogP contribution in [-0.4, -0.2) is 59.8 Å². The van der Waals surface area contributed by atoms with Crippen LogP contribution >= 0.6 is 22.2 Å². The Kier molecular flexibility index (Phi) is 12.3. The van der Waals surface area contributed by atoms with Crippen LogP contribution in [-0.2, 0) is 0 Å². The van der Waals surface area contributed by atoms with Gasteiger partial charge in [-0.3, -0.25) is 0 Å². The average molecular weight is 488 g/mol. The summed E-state index contributed by atoms with van der Waals surface area (Å²) in [6.45, 7) is 26.3. The third-order valence-corrected chi connectivity index (χ3v) is 17.6. The Bertz CT molecular complexity index is 396. The molecule has 0 saturated heterocycles. The van der Waals surface area contributed by atoms with Gasteiger partial charge in [-0.2, -0.15) is 0 Å². The van der Waals surface area contributed by atoms with Crippen molar-refractivity contribution in [1.82, 2.24) is 8.80 Å². The van der Waals surface area contributed by atoms with Gasteiger partial charge in [-0.1, -0.05) is 71.8 Å². The summed E-state index contributed by atoms with van der Waals surface area (Å²) in [6.07, 6.45) is 6.59. The van der Waals surface area contributed by atoms with Crippen molar-refractivity contribution < 1.29 is 0 Å². The van der Waals surface area contributed by atoms with Crippen LogP contribution in [0.2, 0.25) is 71.5 Å². The maximum atomic E-state index is 6.28. The summed E-state index contributed by atoms with van der Waals surface area (Å²) in [4.78, 5) is 0. The number of nitrogens with zero attached hydrogens (tertiary/aromatic N) is 2. The summed E-state index contributed by atoms with van der Waals surface area (Å²) in [6, 6.07) is 1.01. The molecule has 0 spiro atoms. The average Bonchev–Trinajstić information content (AvgIpc) is 2.38. The molecule has 27 heavy (non-hydrogen) atoms. The van der Waals surface area contributed by atoms with E-state index in [1.54, 1.807) is 0 Å². The van der Waals surface area contributed by atoms with Crippen LogP contribution in [0.1, 0.15) is 32.1 Å². The molecule has 0 bridgehead atoms. The second-order valence-electron chi connectivity index (χ2n) is 11.2. The van der Waals surface area contributed by atoms with Crippen molar-refractivity contribution >= 4 is 53.6 Å². The van der Waals surface area contributed by atoms with E-state index in [9.17, 15) is 0 Å². The SMILES string of the molecule is C[Si](Cl)(Cl)CCCN(CCCCCCN([Si](C)(C)C)[Si](C)(C)C)[Si](C)(C)C. The van der Waals surface area contributed by atoms with Crippen LogP contribution in [0.4, 0.5) is 0 Å². The Morgan fingerprint density at radius 3 is 1.30 bits per heavy atom. The quantitative estimate of drug-likeness (QED) is 0.141. The zero-order valence-electron chi connectivity index (χ0n) is 20.0. The summed E-state index contributed by atoms with van der Waals surface area (Å²) in [7, 11) is -3.63. The van der Waals surface area contributed by atoms with Gasteiger partial charge in [0.2, 0.25) is 6.69 Å². The zero-order chi connectivity index (χ0) is 21.5. The lowest BCUT2D eigenvalue weighted by molar-refractivity contribution is 0.401. The molecule has 164 valence electrons. The van der Waals surface area contributed by atoms with E-state index < -0.39 is 31.4 Å². The molecule has 0 aliphatic carbocycles. The molecule has 0 aromatic carbocycles. The monoisotopic (exact) mass is 486 g/mol. The highest BCUT2D eigenvalue weighted by Gasteiger charge is 2.33. The minimum Gasteiger partial charge on any atom is -0.346 e. The minimum absolute atomic E-state index is 1.01. The molecule has 0 fully saturated rings. The van der Waals surface area contributed by atoms with Gasteiger partial charge < -0.3 is 8.80 Å². The number of rotatable bonds is 14. The second kappa shape index (κ2) is 11.7. The summed E-state index contributed by atoms with van der Waals surface area (Å²) in [5, 5.41) is 0. The Morgan fingerprint density at radius 1 is 0.519 bits per heavy atom. The molecule has 0 aromatic heterocycles. The van der Waals surface area contributed by atoms with E-state index in [0.717, 1.165) is 12.5 Å². The Hall–Kier alpha value is 1.37. The normalized spacial score (nSPS) is 14.4. The zero-order valence-corrected chi connectivity index (χ0v) is 25.5. The van der Waals surface area contributed by atoms with E-state index in [4.69, 9.17) is 22.2 Å². The molecule has 0 saturated carbocycles. The lowest BCUT2D eigenvalue weighted by atomic mass is 10.2. The van der Waals surface area contributed by atoms with Crippen LogP contribution in [0.15, 0.2) is 0 Å². The molecular formula is C19H48Cl2N2Si4. The highest BCUT2D eigenvalue weighted by molar-refractivity contribution is 7.44. The second-order valence-corrected chi connectivity index (χ2v) is 34.6. The summed E-state index contributed by atoms with van der Waals surface area (Å²) < 4.78 is 5.69. The van der Waals surface area contributed by atoms with E-state index in [-0.39, 0.29) is 0 Å². The summed E-state index contributed by atoms with van der Waals surface area (Å²) >= 11 is 12.6. The first-order valence-corrected chi connectivity index (χ1v) is 25.9. The van der Waals surface area contributed by atoms with E-state index in [1.807, 2.05) is 6.55 Å². The van der Waals surface area contributed by atoms with Crippen molar-refractivity contribution in [1.29, 1.82) is 0 Å². The maximum Gasteiger partial charge on any atom is 0.248 e. The van der Waals surface area contributed by atoms with E-state index in [0.29, 0.717) is 0 Å². The predicted molar refractivity (Wildman–Crippen MR) is 140 cm³/mol. The van der Waals surface area contributed by atoms with E-state index in [1.165, 1.54) is 45.3 Å². The van der Waals surface area contributed by atoms with Gasteiger partial charge in [-0.25, -0.2) is 0 Å². The molecule has 2 nitrogen and oxygen atoms in total. The first kappa shape index (κ1) is 28.4. The first-order chi connectivity index (χ1) is 11.9. The maximum absolute atomic E-state index is 6.28. The van der Waals surface area contributed by atoms with Crippen LogP contribution in [0.25, 0.3) is 0 Å². The lowest BCUT2D eigenvalue weighted by Gasteiger charge is -2.43. The van der Waals surface area contributed by atoms with Crippen molar-refractivity contribution in [3.05, 3.63) is 0 Å². The van der Waals surface area contributed by atoms with Gasteiger partial charge >= 0.3 is 0 Å². The van der Waals surface area contributed by atoms with Crippen molar-refractivity contribution in [2.24, 2.45) is 0 Å². The van der Waals surface area contributed by atoms with Gasteiger partial charge in [0.25, 0.3) is 0 Å². The van der Waals surface area contributed by atoms with Crippen molar-refractivity contribution in [2.45, 2.75) is 104 Å². The molecule has 0 heterocycles. The minimum atomic E-state index is -1.94. The van der Waals surface area contributed by atoms with Gasteiger partial charge in [0, 0.05) is 0 Å². The van der Waals surface area contributed by atoms with E-state index in [2.05, 4.69) is 67.7 Å². The molecule has 0 N–H and O–H groups in total. The predicted octanol–water partition coefficient (Wildman–Crippen LogP) is 7.60. The Labute approximate surface area is 185 Å². The molecule has 0 aromatic rings. The van der Waals surface area contributed by atoms with Crippen molar-refractivity contribution in [3.8, 4) is 0 Å². The number of hydrogen-bond donors (Lipinski definition) is 0. The van der Waals surface area contributed by atoms with Crippen LogP contribution in [0.5, 0.6) is 0 Å². The lowest BCUT2D eigenvalue weighted by Crippen LogP contribution is -2.59. The molecule has 8 heteroatoms. The first-order valence-electron chi connectivity index (χ1n) is 10.9. The van der Waals surface area contributed by atoms with Gasteiger partial charge in [-0.15, -0.1) is 22.2 Å². The Balaban J connectivity index is 4.27. The standard InChI is InChI=1S/C19H48Cl2N2Si4/c1-24(2,3)22(17-15-19-27(10,20)21)16-13-11-12-14-18-23(25(4,5)6)26(7,8)9/h11-19H2,1-10H3. The third kappa shape index (κ3) is 14.1. The molecule has 0 unspecified atom stereocenters. The Morgan fingerprint density at radius 2 is 0.926 bits per heavy atom. The largest absolute Gasteiger partial charge is 0.346 e. The molecular weight excluding hydrogens is 439 g/mol. The van der Waals surface area contributed by atoms with Crippen molar-refractivity contribution in [2.75, 3.05) is 19.6 Å². The molecule has 0 rings (SSSR count). The molecule has 0 amide bonds. The molecule has 0 atom stereocenters. The number of halogens is 2. The number of hydrogen-bond acceptors (Lipinski definition) is 2. The van der Waals surface area contributed by atoms with Gasteiger partial charge in [-0.05, 0) is 51.5 Å². The molecule has 0 radical (unpaired) electrons. The highest BCUT2D eigenvalue weighted by Crippen LogP contribution is 2.23. The third-order valence-electron chi connectivity index (χ3n) is 5.17. The van der Waals surface area contributed by atoms with Crippen LogP contribution in [0, 0.1) is 0 Å². The topological polar surface area (TPSA) is 6.48 Å². The van der Waals surface area contributed by atoms with Gasteiger partial charge in [0.15, 0.2) is 0 Å². The number of unbranched alkanes of at least 4 members (excludes halogenated alkanes) is 3. The fourth-order valence-corrected chi connectivity index (χ4v) is 16.9. The van der Waals surface area contributed by atoms with Gasteiger partial charge in [0.1, 0.15) is 24.7 Å². The van der Waals surface area contributed by atoms with E-state index >= 15 is 0 Å². The van der Waals surface area contributed by atoms with Crippen LogP contribution in [0.3, 0.4) is 0 Å². The van der Waals surface area contributed by atoms with Crippen LogP contribution < -0.4 is 0 Å². The fraction of sp³-hybridized carbons (Fsp3) is 1.00. The molecule has 0 aliphatic heterocycles. The smallest absolute Gasteiger partial charge is 0.248 e. The summed E-state index contributed by atoms with van der Waals surface area (Å²) in [5.41, 5.74) is 0. The summed E-state index contributed by atoms with van der Waals surface area (Å²) in [5.74, 6) is 0. The van der Waals surface area contributed by atoms with Crippen molar-refractivity contribution in [3.63, 3.8) is 0 Å². The van der Waals surface area contributed by atoms with Gasteiger partial charge in [0.05, 0.1) is 0 Å².